The molecule has 0 saturated carbocycles. The van der Waals surface area contributed by atoms with E-state index < -0.39 is 0 Å². The molecule has 4 heteroatoms. The normalized spacial score (nSPS) is 33.0. The van der Waals surface area contributed by atoms with E-state index in [-0.39, 0.29) is 0 Å². The molecule has 0 radical (unpaired) electrons. The van der Waals surface area contributed by atoms with Gasteiger partial charge in [0, 0.05) is 32.2 Å². The zero-order valence-corrected chi connectivity index (χ0v) is 7.21. The van der Waals surface area contributed by atoms with Gasteiger partial charge in [-0.15, -0.1) is 0 Å². The highest BCUT2D eigenvalue weighted by atomic mass is 16.5. The molecule has 0 aromatic carbocycles. The first-order valence-electron chi connectivity index (χ1n) is 3.93. The SMILES string of the molecule is CNC1CN(N)CC1COC. The topological polar surface area (TPSA) is 50.5 Å². The smallest absolute Gasteiger partial charge is 0.0518 e. The maximum atomic E-state index is 5.66. The van der Waals surface area contributed by atoms with Crippen LogP contribution in [0.1, 0.15) is 0 Å². The number of rotatable bonds is 3. The predicted molar refractivity (Wildman–Crippen MR) is 44.0 cm³/mol. The molecule has 0 aliphatic carbocycles. The number of nitrogens with two attached hydrogens (primary N) is 1. The molecule has 0 spiro atoms. The summed E-state index contributed by atoms with van der Waals surface area (Å²) in [6.07, 6.45) is 0. The molecule has 1 aliphatic heterocycles. The third-order valence-corrected chi connectivity index (χ3v) is 2.22. The van der Waals surface area contributed by atoms with Crippen LogP contribution in [-0.4, -0.2) is 44.9 Å². The molecule has 1 rings (SSSR count). The minimum atomic E-state index is 0.486. The average molecular weight is 159 g/mol. The van der Waals surface area contributed by atoms with Gasteiger partial charge in [0.05, 0.1) is 6.61 Å². The van der Waals surface area contributed by atoms with Crippen molar-refractivity contribution < 1.29 is 4.74 Å². The highest BCUT2D eigenvalue weighted by molar-refractivity contribution is 4.85. The maximum Gasteiger partial charge on any atom is 0.0518 e. The highest BCUT2D eigenvalue weighted by Gasteiger charge is 2.29. The zero-order valence-electron chi connectivity index (χ0n) is 7.21. The second kappa shape index (κ2) is 4.01. The Hall–Kier alpha value is -0.160. The summed E-state index contributed by atoms with van der Waals surface area (Å²) in [6.45, 7) is 2.64. The summed E-state index contributed by atoms with van der Waals surface area (Å²) in [5, 5.41) is 5.07. The van der Waals surface area contributed by atoms with Gasteiger partial charge in [0.15, 0.2) is 0 Å². The van der Waals surface area contributed by atoms with Gasteiger partial charge in [-0.05, 0) is 7.05 Å². The summed E-state index contributed by atoms with van der Waals surface area (Å²) in [6, 6.07) is 0.486. The fraction of sp³-hybridized carbons (Fsp3) is 1.00. The number of likely N-dealkylation sites (N-methyl/N-ethyl adjacent to an activating group) is 1. The monoisotopic (exact) mass is 159 g/mol. The minimum absolute atomic E-state index is 0.486. The maximum absolute atomic E-state index is 5.66. The Morgan fingerprint density at radius 2 is 2.36 bits per heavy atom. The van der Waals surface area contributed by atoms with Gasteiger partial charge in [0.2, 0.25) is 0 Å². The summed E-state index contributed by atoms with van der Waals surface area (Å²) < 4.78 is 5.08. The van der Waals surface area contributed by atoms with E-state index >= 15 is 0 Å². The van der Waals surface area contributed by atoms with Gasteiger partial charge in [0.25, 0.3) is 0 Å². The predicted octanol–water partition coefficient (Wildman–Crippen LogP) is -0.974. The van der Waals surface area contributed by atoms with E-state index in [9.17, 15) is 0 Å². The van der Waals surface area contributed by atoms with Crippen molar-refractivity contribution in [3.63, 3.8) is 0 Å². The highest BCUT2D eigenvalue weighted by Crippen LogP contribution is 2.13. The molecule has 2 unspecified atom stereocenters. The molecular formula is C7H17N3O. The van der Waals surface area contributed by atoms with E-state index in [4.69, 9.17) is 10.6 Å². The molecule has 1 fully saturated rings. The number of methoxy groups -OCH3 is 1. The lowest BCUT2D eigenvalue weighted by Gasteiger charge is -2.15. The summed E-state index contributed by atoms with van der Waals surface area (Å²) >= 11 is 0. The average Bonchev–Trinajstić information content (AvgIpc) is 2.32. The van der Waals surface area contributed by atoms with E-state index in [1.54, 1.807) is 7.11 Å². The molecule has 11 heavy (non-hydrogen) atoms. The third kappa shape index (κ3) is 2.13. The Labute approximate surface area is 67.7 Å². The van der Waals surface area contributed by atoms with E-state index in [0.29, 0.717) is 12.0 Å². The molecule has 0 aromatic rings. The Balaban J connectivity index is 2.37. The van der Waals surface area contributed by atoms with Gasteiger partial charge < -0.3 is 10.1 Å². The first kappa shape index (κ1) is 8.93. The van der Waals surface area contributed by atoms with Crippen LogP contribution in [0.4, 0.5) is 0 Å². The van der Waals surface area contributed by atoms with E-state index in [2.05, 4.69) is 5.32 Å². The first-order chi connectivity index (χ1) is 5.27. The fourth-order valence-corrected chi connectivity index (χ4v) is 1.61. The second-order valence-electron chi connectivity index (χ2n) is 3.06. The van der Waals surface area contributed by atoms with Gasteiger partial charge in [-0.3, -0.25) is 5.84 Å². The lowest BCUT2D eigenvalue weighted by Crippen LogP contribution is -2.35. The summed E-state index contributed by atoms with van der Waals surface area (Å²) in [4.78, 5) is 0. The molecule has 0 aromatic heterocycles. The van der Waals surface area contributed by atoms with E-state index in [1.807, 2.05) is 12.1 Å². The summed E-state index contributed by atoms with van der Waals surface area (Å²) in [5.41, 5.74) is 0. The lowest BCUT2D eigenvalue weighted by molar-refractivity contribution is 0.144. The van der Waals surface area contributed by atoms with Crippen LogP contribution in [0, 0.1) is 5.92 Å². The van der Waals surface area contributed by atoms with Crippen LogP contribution in [0.2, 0.25) is 0 Å². The van der Waals surface area contributed by atoms with Gasteiger partial charge in [-0.2, -0.15) is 0 Å². The van der Waals surface area contributed by atoms with Crippen LogP contribution < -0.4 is 11.2 Å². The van der Waals surface area contributed by atoms with Crippen molar-refractivity contribution in [2.24, 2.45) is 11.8 Å². The van der Waals surface area contributed by atoms with Crippen LogP contribution in [0.5, 0.6) is 0 Å². The Morgan fingerprint density at radius 1 is 1.64 bits per heavy atom. The van der Waals surface area contributed by atoms with Gasteiger partial charge in [-0.25, -0.2) is 5.01 Å². The van der Waals surface area contributed by atoms with Crippen LogP contribution in [0.3, 0.4) is 0 Å². The van der Waals surface area contributed by atoms with Gasteiger partial charge in [0.1, 0.15) is 0 Å². The fourth-order valence-electron chi connectivity index (χ4n) is 1.61. The molecule has 66 valence electrons. The molecule has 4 nitrogen and oxygen atoms in total. The molecule has 0 bridgehead atoms. The van der Waals surface area contributed by atoms with Crippen molar-refractivity contribution in [3.05, 3.63) is 0 Å². The molecule has 3 N–H and O–H groups in total. The number of ether oxygens (including phenoxy) is 1. The summed E-state index contributed by atoms with van der Waals surface area (Å²) in [5.74, 6) is 6.20. The molecule has 0 amide bonds. The van der Waals surface area contributed by atoms with Crippen molar-refractivity contribution in [1.82, 2.24) is 10.3 Å². The quantitative estimate of drug-likeness (QED) is 0.520. The zero-order chi connectivity index (χ0) is 8.27. The van der Waals surface area contributed by atoms with Crippen LogP contribution in [0.15, 0.2) is 0 Å². The number of hydrogen-bond donors (Lipinski definition) is 2. The number of nitrogens with one attached hydrogen (secondary N) is 1. The van der Waals surface area contributed by atoms with Crippen LogP contribution in [0.25, 0.3) is 0 Å². The lowest BCUT2D eigenvalue weighted by atomic mass is 10.1. The van der Waals surface area contributed by atoms with Crippen molar-refractivity contribution in [2.45, 2.75) is 6.04 Å². The summed E-state index contributed by atoms with van der Waals surface area (Å²) in [7, 11) is 3.69. The van der Waals surface area contributed by atoms with E-state index in [1.165, 1.54) is 0 Å². The van der Waals surface area contributed by atoms with E-state index in [0.717, 1.165) is 19.7 Å². The minimum Gasteiger partial charge on any atom is -0.384 e. The molecule has 1 aliphatic rings. The number of hydrogen-bond acceptors (Lipinski definition) is 4. The van der Waals surface area contributed by atoms with Crippen LogP contribution >= 0.6 is 0 Å². The largest absolute Gasteiger partial charge is 0.384 e. The van der Waals surface area contributed by atoms with Crippen LogP contribution in [-0.2, 0) is 4.74 Å². The van der Waals surface area contributed by atoms with Gasteiger partial charge in [-0.1, -0.05) is 0 Å². The van der Waals surface area contributed by atoms with Crippen molar-refractivity contribution in [1.29, 1.82) is 0 Å². The Morgan fingerprint density at radius 3 is 2.91 bits per heavy atom. The standard InChI is InChI=1S/C7H17N3O/c1-9-7-4-10(8)3-6(7)5-11-2/h6-7,9H,3-5,8H2,1-2H3. The van der Waals surface area contributed by atoms with Crippen molar-refractivity contribution in [2.75, 3.05) is 33.9 Å². The Kier molecular flexibility index (Phi) is 3.26. The van der Waals surface area contributed by atoms with Crippen molar-refractivity contribution >= 4 is 0 Å². The third-order valence-electron chi connectivity index (χ3n) is 2.22. The Bertz CT molecular complexity index is 120. The number of hydrazine groups is 1. The van der Waals surface area contributed by atoms with Gasteiger partial charge >= 0.3 is 0 Å². The molecule has 1 heterocycles. The first-order valence-corrected chi connectivity index (χ1v) is 3.93. The van der Waals surface area contributed by atoms with Crippen molar-refractivity contribution in [3.8, 4) is 0 Å². The molecular weight excluding hydrogens is 142 g/mol. The molecule has 1 saturated heterocycles. The molecule has 2 atom stereocenters. The number of nitrogens with zero attached hydrogens (tertiary/aromatic N) is 1. The second-order valence-corrected chi connectivity index (χ2v) is 3.06.